The van der Waals surface area contributed by atoms with E-state index in [1.807, 2.05) is 0 Å². The van der Waals surface area contributed by atoms with Crippen LogP contribution in [0.5, 0.6) is 0 Å². The summed E-state index contributed by atoms with van der Waals surface area (Å²) in [6, 6.07) is 0. The van der Waals surface area contributed by atoms with Gasteiger partial charge in [0, 0.05) is 18.8 Å². The summed E-state index contributed by atoms with van der Waals surface area (Å²) in [4.78, 5) is 20.1. The van der Waals surface area contributed by atoms with Crippen LogP contribution in [0.2, 0.25) is 0 Å². The molecule has 1 aliphatic rings. The lowest BCUT2D eigenvalue weighted by Crippen LogP contribution is -2.24. The number of hydrogen-bond donors (Lipinski definition) is 0. The van der Waals surface area contributed by atoms with Crippen LogP contribution in [0.3, 0.4) is 0 Å². The number of esters is 1. The Morgan fingerprint density at radius 1 is 1.26 bits per heavy atom. The molecule has 19 heavy (non-hydrogen) atoms. The molecular formula is C15H22N2O2. The van der Waals surface area contributed by atoms with E-state index in [1.165, 1.54) is 32.1 Å². The van der Waals surface area contributed by atoms with Crippen LogP contribution in [0.25, 0.3) is 0 Å². The molecule has 0 spiro atoms. The molecule has 2 rings (SSSR count). The van der Waals surface area contributed by atoms with Crippen LogP contribution in [0, 0.1) is 5.41 Å². The summed E-state index contributed by atoms with van der Waals surface area (Å²) in [5.41, 5.74) is 0.753. The van der Waals surface area contributed by atoms with Gasteiger partial charge in [0.25, 0.3) is 0 Å². The van der Waals surface area contributed by atoms with E-state index in [0.29, 0.717) is 17.6 Å². The molecule has 0 radical (unpaired) electrons. The van der Waals surface area contributed by atoms with Crippen LogP contribution < -0.4 is 0 Å². The van der Waals surface area contributed by atoms with Gasteiger partial charge in [0.05, 0.1) is 12.2 Å². The second-order valence-corrected chi connectivity index (χ2v) is 5.66. The van der Waals surface area contributed by atoms with Gasteiger partial charge in [0.1, 0.15) is 5.82 Å². The SMILES string of the molecule is CCOC(=O)c1cnc(CC2(C)CCCCC2)nc1. The lowest BCUT2D eigenvalue weighted by atomic mass is 9.73. The lowest BCUT2D eigenvalue weighted by molar-refractivity contribution is 0.0525. The smallest absolute Gasteiger partial charge is 0.341 e. The molecule has 1 fully saturated rings. The molecule has 4 nitrogen and oxygen atoms in total. The summed E-state index contributed by atoms with van der Waals surface area (Å²) in [5.74, 6) is 0.482. The average Bonchev–Trinajstić information content (AvgIpc) is 2.40. The van der Waals surface area contributed by atoms with Gasteiger partial charge in [0.2, 0.25) is 0 Å². The van der Waals surface area contributed by atoms with Gasteiger partial charge in [-0.3, -0.25) is 0 Å². The molecule has 1 aromatic heterocycles. The summed E-state index contributed by atoms with van der Waals surface area (Å²) in [5, 5.41) is 0. The van der Waals surface area contributed by atoms with Gasteiger partial charge in [-0.25, -0.2) is 14.8 Å². The van der Waals surface area contributed by atoms with Gasteiger partial charge in [-0.15, -0.1) is 0 Å². The van der Waals surface area contributed by atoms with Crippen molar-refractivity contribution in [3.05, 3.63) is 23.8 Å². The molecule has 0 unspecified atom stereocenters. The van der Waals surface area contributed by atoms with Crippen LogP contribution in [0.4, 0.5) is 0 Å². The Labute approximate surface area is 114 Å². The van der Waals surface area contributed by atoms with E-state index in [0.717, 1.165) is 12.2 Å². The highest BCUT2D eigenvalue weighted by atomic mass is 16.5. The second kappa shape index (κ2) is 6.13. The number of nitrogens with zero attached hydrogens (tertiary/aromatic N) is 2. The highest BCUT2D eigenvalue weighted by molar-refractivity contribution is 5.88. The minimum Gasteiger partial charge on any atom is -0.462 e. The number of rotatable bonds is 4. The standard InChI is InChI=1S/C15H22N2O2/c1-3-19-14(18)12-10-16-13(17-11-12)9-15(2)7-5-4-6-8-15/h10-11H,3-9H2,1-2H3. The Morgan fingerprint density at radius 3 is 2.47 bits per heavy atom. The Kier molecular flexibility index (Phi) is 4.51. The van der Waals surface area contributed by atoms with Crippen molar-refractivity contribution in [2.75, 3.05) is 6.61 Å². The molecule has 0 bridgehead atoms. The first-order valence-electron chi connectivity index (χ1n) is 7.11. The minimum absolute atomic E-state index is 0.323. The van der Waals surface area contributed by atoms with Gasteiger partial charge >= 0.3 is 5.97 Å². The number of aromatic nitrogens is 2. The molecule has 1 aromatic rings. The third-order valence-corrected chi connectivity index (χ3v) is 3.86. The van der Waals surface area contributed by atoms with Crippen molar-refractivity contribution in [3.8, 4) is 0 Å². The van der Waals surface area contributed by atoms with Gasteiger partial charge < -0.3 is 4.74 Å². The van der Waals surface area contributed by atoms with Crippen molar-refractivity contribution in [2.45, 2.75) is 52.4 Å². The fraction of sp³-hybridized carbons (Fsp3) is 0.667. The van der Waals surface area contributed by atoms with E-state index in [4.69, 9.17) is 4.74 Å². The quantitative estimate of drug-likeness (QED) is 0.782. The van der Waals surface area contributed by atoms with Crippen molar-refractivity contribution in [2.24, 2.45) is 5.41 Å². The van der Waals surface area contributed by atoms with Crippen LogP contribution in [-0.4, -0.2) is 22.5 Å². The average molecular weight is 262 g/mol. The molecule has 4 heteroatoms. The zero-order valence-electron chi connectivity index (χ0n) is 11.8. The molecule has 0 saturated heterocycles. The summed E-state index contributed by atoms with van der Waals surface area (Å²) < 4.78 is 4.92. The van der Waals surface area contributed by atoms with E-state index < -0.39 is 0 Å². The molecule has 104 valence electrons. The van der Waals surface area contributed by atoms with Crippen LogP contribution in [0.1, 0.15) is 62.1 Å². The van der Waals surface area contributed by atoms with Crippen LogP contribution >= 0.6 is 0 Å². The Bertz CT molecular complexity index is 422. The van der Waals surface area contributed by atoms with Gasteiger partial charge in [-0.2, -0.15) is 0 Å². The van der Waals surface area contributed by atoms with E-state index >= 15 is 0 Å². The Hall–Kier alpha value is -1.45. The molecule has 1 heterocycles. The molecule has 0 aliphatic heterocycles. The fourth-order valence-electron chi connectivity index (χ4n) is 2.73. The second-order valence-electron chi connectivity index (χ2n) is 5.66. The van der Waals surface area contributed by atoms with E-state index in [2.05, 4.69) is 16.9 Å². The number of carbonyl (C=O) groups is 1. The first-order valence-corrected chi connectivity index (χ1v) is 7.11. The highest BCUT2D eigenvalue weighted by Crippen LogP contribution is 2.37. The summed E-state index contributed by atoms with van der Waals surface area (Å²) in [6.07, 6.45) is 10.5. The first kappa shape index (κ1) is 14.0. The van der Waals surface area contributed by atoms with Gasteiger partial charge in [-0.1, -0.05) is 26.2 Å². The van der Waals surface area contributed by atoms with E-state index in [-0.39, 0.29) is 5.97 Å². The molecule has 0 atom stereocenters. The molecule has 1 saturated carbocycles. The van der Waals surface area contributed by atoms with Crippen molar-refractivity contribution in [1.82, 2.24) is 9.97 Å². The zero-order valence-corrected chi connectivity index (χ0v) is 11.8. The van der Waals surface area contributed by atoms with Crippen molar-refractivity contribution in [3.63, 3.8) is 0 Å². The minimum atomic E-state index is -0.349. The number of carbonyl (C=O) groups excluding carboxylic acids is 1. The van der Waals surface area contributed by atoms with E-state index in [1.54, 1.807) is 19.3 Å². The molecular weight excluding hydrogens is 240 g/mol. The molecule has 0 amide bonds. The summed E-state index contributed by atoms with van der Waals surface area (Å²) in [6.45, 7) is 4.48. The summed E-state index contributed by atoms with van der Waals surface area (Å²) in [7, 11) is 0. The van der Waals surface area contributed by atoms with Crippen LogP contribution in [-0.2, 0) is 11.2 Å². The van der Waals surface area contributed by atoms with Gasteiger partial charge in [0.15, 0.2) is 0 Å². The predicted molar refractivity (Wildman–Crippen MR) is 72.9 cm³/mol. The first-order chi connectivity index (χ1) is 9.13. The zero-order chi connectivity index (χ0) is 13.7. The predicted octanol–water partition coefficient (Wildman–Crippen LogP) is 3.17. The third-order valence-electron chi connectivity index (χ3n) is 3.86. The van der Waals surface area contributed by atoms with Crippen molar-refractivity contribution >= 4 is 5.97 Å². The number of ether oxygens (including phenoxy) is 1. The Morgan fingerprint density at radius 2 is 1.89 bits per heavy atom. The number of hydrogen-bond acceptors (Lipinski definition) is 4. The topological polar surface area (TPSA) is 52.1 Å². The monoisotopic (exact) mass is 262 g/mol. The maximum atomic E-state index is 11.5. The van der Waals surface area contributed by atoms with Gasteiger partial charge in [-0.05, 0) is 25.2 Å². The van der Waals surface area contributed by atoms with Crippen molar-refractivity contribution in [1.29, 1.82) is 0 Å². The lowest BCUT2D eigenvalue weighted by Gasteiger charge is -2.32. The molecule has 0 aromatic carbocycles. The normalized spacial score (nSPS) is 18.0. The third kappa shape index (κ3) is 3.75. The molecule has 1 aliphatic carbocycles. The van der Waals surface area contributed by atoms with E-state index in [9.17, 15) is 4.79 Å². The van der Waals surface area contributed by atoms with Crippen LogP contribution in [0.15, 0.2) is 12.4 Å². The fourth-order valence-corrected chi connectivity index (χ4v) is 2.73. The maximum Gasteiger partial charge on any atom is 0.341 e. The highest BCUT2D eigenvalue weighted by Gasteiger charge is 2.28. The Balaban J connectivity index is 2.00. The maximum absolute atomic E-state index is 11.5. The molecule has 0 N–H and O–H groups in total. The van der Waals surface area contributed by atoms with Crippen molar-refractivity contribution < 1.29 is 9.53 Å². The summed E-state index contributed by atoms with van der Waals surface area (Å²) >= 11 is 0. The largest absolute Gasteiger partial charge is 0.462 e.